The lowest BCUT2D eigenvalue weighted by atomic mass is 9.88. The number of unbranched alkanes of at least 4 members (excludes halogenated alkanes) is 1. The summed E-state index contributed by atoms with van der Waals surface area (Å²) in [6.07, 6.45) is 8.62. The second-order valence-electron chi connectivity index (χ2n) is 7.71. The van der Waals surface area contributed by atoms with E-state index in [1.807, 2.05) is 30.3 Å². The molecular formula is C24H28N2O3. The van der Waals surface area contributed by atoms with Crippen molar-refractivity contribution in [2.24, 2.45) is 0 Å². The molecule has 0 radical (unpaired) electrons. The molecule has 0 spiro atoms. The van der Waals surface area contributed by atoms with Gasteiger partial charge in [-0.3, -0.25) is 14.5 Å². The predicted octanol–water partition coefficient (Wildman–Crippen LogP) is 4.79. The van der Waals surface area contributed by atoms with Gasteiger partial charge in [-0.05, 0) is 55.5 Å². The fourth-order valence-corrected chi connectivity index (χ4v) is 3.93. The first-order valence-corrected chi connectivity index (χ1v) is 10.5. The minimum Gasteiger partial charge on any atom is -0.494 e. The summed E-state index contributed by atoms with van der Waals surface area (Å²) >= 11 is 0. The van der Waals surface area contributed by atoms with Gasteiger partial charge in [0.15, 0.2) is 0 Å². The number of rotatable bonds is 6. The highest BCUT2D eigenvalue weighted by Crippen LogP contribution is 2.32. The van der Waals surface area contributed by atoms with E-state index in [1.54, 1.807) is 13.0 Å². The second-order valence-corrected chi connectivity index (χ2v) is 7.71. The van der Waals surface area contributed by atoms with Crippen molar-refractivity contribution < 1.29 is 14.3 Å². The van der Waals surface area contributed by atoms with Gasteiger partial charge < -0.3 is 4.74 Å². The molecule has 2 aliphatic rings. The molecule has 152 valence electrons. The van der Waals surface area contributed by atoms with Crippen molar-refractivity contribution in [3.05, 3.63) is 46.5 Å². The number of amides is 2. The number of ether oxygens (including phenoxy) is 1. The maximum absolute atomic E-state index is 13.2. The third kappa shape index (κ3) is 4.59. The number of carbonyl (C=O) groups excluding carboxylic acids is 2. The Morgan fingerprint density at radius 1 is 1.14 bits per heavy atom. The van der Waals surface area contributed by atoms with Gasteiger partial charge in [0.2, 0.25) is 0 Å². The molecule has 0 aromatic heterocycles. The third-order valence-corrected chi connectivity index (χ3v) is 5.67. The fourth-order valence-electron chi connectivity index (χ4n) is 3.93. The maximum Gasteiger partial charge on any atom is 0.271 e. The van der Waals surface area contributed by atoms with Crippen LogP contribution in [0.15, 0.2) is 41.0 Å². The Labute approximate surface area is 172 Å². The molecule has 2 amide bonds. The summed E-state index contributed by atoms with van der Waals surface area (Å²) in [6.45, 7) is 4.48. The summed E-state index contributed by atoms with van der Waals surface area (Å²) in [6, 6.07) is 9.45. The predicted molar refractivity (Wildman–Crippen MR) is 112 cm³/mol. The van der Waals surface area contributed by atoms with Crippen LogP contribution in [0, 0.1) is 11.3 Å². The van der Waals surface area contributed by atoms with E-state index in [0.717, 1.165) is 56.3 Å². The molecule has 5 nitrogen and oxygen atoms in total. The summed E-state index contributed by atoms with van der Waals surface area (Å²) in [5.41, 5.74) is 1.79. The number of nitriles is 1. The van der Waals surface area contributed by atoms with Crippen LogP contribution in [0.4, 0.5) is 0 Å². The van der Waals surface area contributed by atoms with E-state index >= 15 is 0 Å². The molecule has 0 saturated heterocycles. The molecule has 0 N–H and O–H groups in total. The standard InChI is InChI=1S/C24H28N2O3/c1-3-4-14-29-20-12-10-18(11-13-20)15-21-17(2)22(16-25)24(28)26(23(21)27)19-8-6-5-7-9-19/h10-13,15,19H,3-9,14H2,1-2H3/b21-15+. The van der Waals surface area contributed by atoms with E-state index in [2.05, 4.69) is 6.92 Å². The number of hydrogen-bond acceptors (Lipinski definition) is 4. The molecule has 1 saturated carbocycles. The van der Waals surface area contributed by atoms with E-state index in [0.29, 0.717) is 17.8 Å². The Bertz CT molecular complexity index is 868. The number of benzene rings is 1. The average Bonchev–Trinajstić information content (AvgIpc) is 2.73. The highest BCUT2D eigenvalue weighted by atomic mass is 16.5. The molecule has 5 heteroatoms. The van der Waals surface area contributed by atoms with E-state index in [1.165, 1.54) is 4.90 Å². The molecule has 0 atom stereocenters. The van der Waals surface area contributed by atoms with E-state index < -0.39 is 5.91 Å². The quantitative estimate of drug-likeness (QED) is 0.396. The Morgan fingerprint density at radius 3 is 2.45 bits per heavy atom. The van der Waals surface area contributed by atoms with E-state index in [-0.39, 0.29) is 17.5 Å². The Morgan fingerprint density at radius 2 is 1.83 bits per heavy atom. The van der Waals surface area contributed by atoms with Gasteiger partial charge in [-0.25, -0.2) is 0 Å². The molecule has 1 fully saturated rings. The number of hydrogen-bond donors (Lipinski definition) is 0. The van der Waals surface area contributed by atoms with Gasteiger partial charge in [0.05, 0.1) is 6.61 Å². The number of imide groups is 1. The molecule has 3 rings (SSSR count). The molecule has 0 bridgehead atoms. The lowest BCUT2D eigenvalue weighted by Gasteiger charge is -2.36. The zero-order valence-electron chi connectivity index (χ0n) is 17.2. The molecule has 1 heterocycles. The normalized spacial score (nSPS) is 19.6. The van der Waals surface area contributed by atoms with Crippen LogP contribution in [-0.2, 0) is 9.59 Å². The van der Waals surface area contributed by atoms with Crippen LogP contribution in [0.2, 0.25) is 0 Å². The lowest BCUT2D eigenvalue weighted by molar-refractivity contribution is -0.143. The van der Waals surface area contributed by atoms with Crippen LogP contribution in [0.25, 0.3) is 6.08 Å². The topological polar surface area (TPSA) is 70.4 Å². The van der Waals surface area contributed by atoms with Gasteiger partial charge >= 0.3 is 0 Å². The summed E-state index contributed by atoms with van der Waals surface area (Å²) in [5, 5.41) is 9.55. The van der Waals surface area contributed by atoms with Gasteiger partial charge in [0.25, 0.3) is 11.8 Å². The molecule has 29 heavy (non-hydrogen) atoms. The van der Waals surface area contributed by atoms with Crippen molar-refractivity contribution in [1.82, 2.24) is 4.90 Å². The Balaban J connectivity index is 1.89. The molecule has 1 aromatic carbocycles. The minimum absolute atomic E-state index is 0.0703. The van der Waals surface area contributed by atoms with Crippen LogP contribution < -0.4 is 4.74 Å². The van der Waals surface area contributed by atoms with Crippen molar-refractivity contribution >= 4 is 17.9 Å². The van der Waals surface area contributed by atoms with Gasteiger partial charge in [0, 0.05) is 11.6 Å². The van der Waals surface area contributed by atoms with E-state index in [9.17, 15) is 14.9 Å². The van der Waals surface area contributed by atoms with Crippen molar-refractivity contribution in [3.8, 4) is 11.8 Å². The second kappa shape index (κ2) is 9.56. The SMILES string of the molecule is CCCCOc1ccc(/C=C2/C(=O)N(C3CCCCC3)C(=O)C(C#N)=C2C)cc1. The summed E-state index contributed by atoms with van der Waals surface area (Å²) < 4.78 is 5.69. The largest absolute Gasteiger partial charge is 0.494 e. The Hall–Kier alpha value is -2.87. The van der Waals surface area contributed by atoms with Crippen molar-refractivity contribution in [1.29, 1.82) is 5.26 Å². The number of carbonyl (C=O) groups is 2. The van der Waals surface area contributed by atoms with Crippen molar-refractivity contribution in [2.45, 2.75) is 64.8 Å². The zero-order valence-corrected chi connectivity index (χ0v) is 17.2. The van der Waals surface area contributed by atoms with Crippen LogP contribution in [0.5, 0.6) is 5.75 Å². The summed E-state index contributed by atoms with van der Waals surface area (Å²) in [4.78, 5) is 27.4. The first-order chi connectivity index (χ1) is 14.1. The molecular weight excluding hydrogens is 364 g/mol. The van der Waals surface area contributed by atoms with Crippen LogP contribution in [-0.4, -0.2) is 29.4 Å². The number of nitrogens with zero attached hydrogens (tertiary/aromatic N) is 2. The van der Waals surface area contributed by atoms with Gasteiger partial charge in [-0.1, -0.05) is 44.7 Å². The highest BCUT2D eigenvalue weighted by molar-refractivity contribution is 6.19. The van der Waals surface area contributed by atoms with Crippen LogP contribution in [0.1, 0.15) is 64.4 Å². The van der Waals surface area contributed by atoms with Gasteiger partial charge in [-0.15, -0.1) is 0 Å². The molecule has 1 aliphatic carbocycles. The summed E-state index contributed by atoms with van der Waals surface area (Å²) in [5.74, 6) is 0.0555. The minimum atomic E-state index is -0.446. The first-order valence-electron chi connectivity index (χ1n) is 10.5. The van der Waals surface area contributed by atoms with Gasteiger partial charge in [-0.2, -0.15) is 5.26 Å². The first kappa shape index (κ1) is 20.9. The van der Waals surface area contributed by atoms with Crippen LogP contribution >= 0.6 is 0 Å². The summed E-state index contributed by atoms with van der Waals surface area (Å²) in [7, 11) is 0. The smallest absolute Gasteiger partial charge is 0.271 e. The average molecular weight is 392 g/mol. The lowest BCUT2D eigenvalue weighted by Crippen LogP contribution is -2.49. The van der Waals surface area contributed by atoms with Crippen LogP contribution in [0.3, 0.4) is 0 Å². The molecule has 1 aromatic rings. The van der Waals surface area contributed by atoms with Gasteiger partial charge in [0.1, 0.15) is 17.4 Å². The fraction of sp³-hybridized carbons (Fsp3) is 0.458. The highest BCUT2D eigenvalue weighted by Gasteiger charge is 2.39. The monoisotopic (exact) mass is 392 g/mol. The Kier molecular flexibility index (Phi) is 6.87. The third-order valence-electron chi connectivity index (χ3n) is 5.67. The molecule has 1 aliphatic heterocycles. The van der Waals surface area contributed by atoms with Crippen molar-refractivity contribution in [3.63, 3.8) is 0 Å². The molecule has 0 unspecified atom stereocenters. The zero-order chi connectivity index (χ0) is 20.8. The van der Waals surface area contributed by atoms with E-state index in [4.69, 9.17) is 4.74 Å². The maximum atomic E-state index is 13.2. The van der Waals surface area contributed by atoms with Crippen molar-refractivity contribution in [2.75, 3.05) is 6.61 Å².